The molecule has 0 aliphatic carbocycles. The van der Waals surface area contributed by atoms with Crippen molar-refractivity contribution in [3.8, 4) is 0 Å². The van der Waals surface area contributed by atoms with Gasteiger partial charge >= 0.3 is 6.09 Å². The number of amides is 2. The first kappa shape index (κ1) is 21.2. The molecule has 4 N–H and O–H groups in total. The molecule has 150 valence electrons. The number of aromatic nitrogens is 2. The van der Waals surface area contributed by atoms with E-state index in [2.05, 4.69) is 31.7 Å². The van der Waals surface area contributed by atoms with Gasteiger partial charge < -0.3 is 15.4 Å². The average molecular weight is 407 g/mol. The van der Waals surface area contributed by atoms with Crippen molar-refractivity contribution < 1.29 is 14.3 Å². The second kappa shape index (κ2) is 9.23. The van der Waals surface area contributed by atoms with E-state index >= 15 is 0 Å². The molecule has 10 heteroatoms. The number of hydrogen-bond acceptors (Lipinski definition) is 7. The van der Waals surface area contributed by atoms with E-state index < -0.39 is 23.6 Å². The molecule has 28 heavy (non-hydrogen) atoms. The van der Waals surface area contributed by atoms with E-state index in [0.717, 1.165) is 5.69 Å². The molecule has 0 radical (unpaired) electrons. The van der Waals surface area contributed by atoms with E-state index in [1.54, 1.807) is 45.0 Å². The van der Waals surface area contributed by atoms with Crippen molar-refractivity contribution in [2.45, 2.75) is 39.3 Å². The predicted molar refractivity (Wildman–Crippen MR) is 107 cm³/mol. The Morgan fingerprint density at radius 1 is 1.11 bits per heavy atom. The number of hydrogen-bond donors (Lipinski definition) is 4. The molecule has 1 aromatic heterocycles. The molecule has 0 saturated heterocycles. The zero-order valence-electron chi connectivity index (χ0n) is 16.0. The van der Waals surface area contributed by atoms with Gasteiger partial charge in [-0.2, -0.15) is 0 Å². The molecule has 0 unspecified atom stereocenters. The van der Waals surface area contributed by atoms with Gasteiger partial charge in [0.05, 0.1) is 0 Å². The molecule has 0 spiro atoms. The molecule has 0 aliphatic heterocycles. The Kier molecular flexibility index (Phi) is 7.00. The van der Waals surface area contributed by atoms with Gasteiger partial charge in [-0.1, -0.05) is 17.7 Å². The Bertz CT molecular complexity index is 823. The lowest BCUT2D eigenvalue weighted by Crippen LogP contribution is -2.48. The van der Waals surface area contributed by atoms with E-state index in [4.69, 9.17) is 16.3 Å². The minimum Gasteiger partial charge on any atom is -0.444 e. The third kappa shape index (κ3) is 7.28. The van der Waals surface area contributed by atoms with Gasteiger partial charge in [0.2, 0.25) is 0 Å². The zero-order chi connectivity index (χ0) is 20.7. The molecule has 1 aromatic carbocycles. The van der Waals surface area contributed by atoms with Crippen LogP contribution in [0.1, 0.15) is 27.7 Å². The summed E-state index contributed by atoms with van der Waals surface area (Å²) in [5, 5.41) is 14.1. The fraction of sp³-hybridized carbons (Fsp3) is 0.333. The number of rotatable bonds is 6. The fourth-order valence-electron chi connectivity index (χ4n) is 1.96. The van der Waals surface area contributed by atoms with Crippen molar-refractivity contribution in [1.29, 1.82) is 0 Å². The Morgan fingerprint density at radius 2 is 1.79 bits per heavy atom. The Balaban J connectivity index is 1.82. The summed E-state index contributed by atoms with van der Waals surface area (Å²) in [6.45, 7) is 6.75. The number of hydrazine groups is 1. The number of nitrogens with zero attached hydrogens (tertiary/aromatic N) is 2. The zero-order valence-corrected chi connectivity index (χ0v) is 16.8. The van der Waals surface area contributed by atoms with Gasteiger partial charge in [0.25, 0.3) is 5.91 Å². The van der Waals surface area contributed by atoms with Gasteiger partial charge in [0.1, 0.15) is 11.6 Å². The van der Waals surface area contributed by atoms with Crippen molar-refractivity contribution >= 4 is 40.9 Å². The molecule has 0 fully saturated rings. The van der Waals surface area contributed by atoms with E-state index in [0.29, 0.717) is 16.7 Å². The van der Waals surface area contributed by atoms with Crippen LogP contribution in [0.3, 0.4) is 0 Å². The van der Waals surface area contributed by atoms with Gasteiger partial charge in [-0.25, -0.2) is 4.79 Å². The van der Waals surface area contributed by atoms with Crippen molar-refractivity contribution in [1.82, 2.24) is 20.9 Å². The summed E-state index contributed by atoms with van der Waals surface area (Å²) >= 11 is 5.94. The third-order valence-electron chi connectivity index (χ3n) is 3.20. The predicted octanol–water partition coefficient (Wildman–Crippen LogP) is 3.23. The van der Waals surface area contributed by atoms with Crippen LogP contribution >= 0.6 is 11.6 Å². The maximum absolute atomic E-state index is 12.0. The monoisotopic (exact) mass is 406 g/mol. The molecular formula is C18H23ClN6O3. The second-order valence-corrected chi connectivity index (χ2v) is 7.36. The quantitative estimate of drug-likeness (QED) is 0.544. The largest absolute Gasteiger partial charge is 0.444 e. The molecular weight excluding hydrogens is 384 g/mol. The number of carbonyl (C=O) groups excluding carboxylic acids is 2. The summed E-state index contributed by atoms with van der Waals surface area (Å²) in [7, 11) is 0. The number of benzene rings is 1. The highest BCUT2D eigenvalue weighted by atomic mass is 35.5. The summed E-state index contributed by atoms with van der Waals surface area (Å²) in [5.74, 6) is 0.377. The fourth-order valence-corrected chi connectivity index (χ4v) is 2.15. The van der Waals surface area contributed by atoms with Crippen LogP contribution in [0, 0.1) is 0 Å². The maximum atomic E-state index is 12.0. The van der Waals surface area contributed by atoms with Crippen LogP contribution in [0.25, 0.3) is 0 Å². The number of nitrogens with one attached hydrogen (secondary N) is 4. The highest BCUT2D eigenvalue weighted by Gasteiger charge is 2.20. The van der Waals surface area contributed by atoms with Gasteiger partial charge in [-0.05, 0) is 58.0 Å². The lowest BCUT2D eigenvalue weighted by Gasteiger charge is -2.21. The smallest absolute Gasteiger partial charge is 0.408 e. The Labute approximate surface area is 168 Å². The molecule has 1 atom stereocenters. The normalized spacial score (nSPS) is 11.9. The van der Waals surface area contributed by atoms with E-state index in [1.165, 1.54) is 6.92 Å². The maximum Gasteiger partial charge on any atom is 0.408 e. The van der Waals surface area contributed by atoms with E-state index in [9.17, 15) is 9.59 Å². The molecule has 9 nitrogen and oxygen atoms in total. The van der Waals surface area contributed by atoms with Crippen molar-refractivity contribution in [3.63, 3.8) is 0 Å². The lowest BCUT2D eigenvalue weighted by molar-refractivity contribution is -0.122. The first-order valence-corrected chi connectivity index (χ1v) is 8.92. The van der Waals surface area contributed by atoms with Gasteiger partial charge in [-0.3, -0.25) is 15.6 Å². The van der Waals surface area contributed by atoms with Crippen LogP contribution in [0.2, 0.25) is 5.02 Å². The van der Waals surface area contributed by atoms with Gasteiger partial charge in [0.15, 0.2) is 11.6 Å². The molecule has 0 bridgehead atoms. The standard InChI is InChI=1S/C18H23ClN6O3/c1-11(20-17(27)28-18(2,3)4)16(26)25-24-15-9-8-14(22-23-15)21-13-7-5-6-12(19)10-13/h5-11H,1-4H3,(H,20,27)(H,21,22)(H,23,24)(H,25,26)/t11-/m1/s1. The number of carbonyl (C=O) groups is 2. The second-order valence-electron chi connectivity index (χ2n) is 6.92. The SMILES string of the molecule is C[C@@H](NC(=O)OC(C)(C)C)C(=O)NNc1ccc(Nc2cccc(Cl)c2)nn1. The summed E-state index contributed by atoms with van der Waals surface area (Å²) in [6, 6.07) is 9.70. The highest BCUT2D eigenvalue weighted by molar-refractivity contribution is 6.30. The first-order chi connectivity index (χ1) is 13.1. The Hall–Kier alpha value is -3.07. The highest BCUT2D eigenvalue weighted by Crippen LogP contribution is 2.18. The first-order valence-electron chi connectivity index (χ1n) is 8.54. The number of alkyl carbamates (subject to hydrolysis) is 1. The Morgan fingerprint density at radius 3 is 2.39 bits per heavy atom. The molecule has 0 aliphatic rings. The minimum absolute atomic E-state index is 0.328. The molecule has 2 rings (SSSR count). The minimum atomic E-state index is -0.806. The third-order valence-corrected chi connectivity index (χ3v) is 3.44. The summed E-state index contributed by atoms with van der Waals surface area (Å²) in [6.07, 6.45) is -0.675. The van der Waals surface area contributed by atoms with E-state index in [1.807, 2.05) is 12.1 Å². The molecule has 2 aromatic rings. The van der Waals surface area contributed by atoms with Gasteiger partial charge in [0, 0.05) is 10.7 Å². The summed E-state index contributed by atoms with van der Waals surface area (Å²) in [5.41, 5.74) is 5.21. The van der Waals surface area contributed by atoms with Crippen LogP contribution in [-0.4, -0.2) is 33.8 Å². The molecule has 0 saturated carbocycles. The van der Waals surface area contributed by atoms with Crippen LogP contribution in [-0.2, 0) is 9.53 Å². The van der Waals surface area contributed by atoms with Crippen LogP contribution in [0.5, 0.6) is 0 Å². The molecule has 1 heterocycles. The number of ether oxygens (including phenoxy) is 1. The lowest BCUT2D eigenvalue weighted by atomic mass is 10.2. The number of halogens is 1. The summed E-state index contributed by atoms with van der Waals surface area (Å²) < 4.78 is 5.10. The average Bonchev–Trinajstić information content (AvgIpc) is 2.59. The number of anilines is 3. The van der Waals surface area contributed by atoms with Crippen molar-refractivity contribution in [2.75, 3.05) is 10.7 Å². The van der Waals surface area contributed by atoms with Crippen molar-refractivity contribution in [2.24, 2.45) is 0 Å². The van der Waals surface area contributed by atoms with E-state index in [-0.39, 0.29) is 0 Å². The van der Waals surface area contributed by atoms with Crippen LogP contribution in [0.4, 0.5) is 22.1 Å². The topological polar surface area (TPSA) is 117 Å². The van der Waals surface area contributed by atoms with Crippen LogP contribution in [0.15, 0.2) is 36.4 Å². The summed E-state index contributed by atoms with van der Waals surface area (Å²) in [4.78, 5) is 23.7. The van der Waals surface area contributed by atoms with Gasteiger partial charge in [-0.15, -0.1) is 10.2 Å². The molecule has 2 amide bonds. The van der Waals surface area contributed by atoms with Crippen LogP contribution < -0.4 is 21.5 Å². The van der Waals surface area contributed by atoms with Crippen molar-refractivity contribution in [3.05, 3.63) is 41.4 Å².